The Morgan fingerprint density at radius 3 is 2.59 bits per heavy atom. The molecular formula is C17H23N3O2. The van der Waals surface area contributed by atoms with E-state index in [1.54, 1.807) is 0 Å². The second-order valence-electron chi connectivity index (χ2n) is 6.12. The van der Waals surface area contributed by atoms with E-state index in [0.717, 1.165) is 38.2 Å². The second-order valence-corrected chi connectivity index (χ2v) is 6.12. The number of benzene rings is 1. The van der Waals surface area contributed by atoms with E-state index in [2.05, 4.69) is 10.00 Å². The van der Waals surface area contributed by atoms with Crippen molar-refractivity contribution in [2.75, 3.05) is 19.7 Å². The van der Waals surface area contributed by atoms with Crippen LogP contribution in [0.4, 0.5) is 0 Å². The van der Waals surface area contributed by atoms with Crippen molar-refractivity contribution in [2.45, 2.75) is 25.0 Å². The minimum atomic E-state index is -0.721. The molecule has 0 amide bonds. The van der Waals surface area contributed by atoms with Gasteiger partial charge in [-0.1, -0.05) is 18.2 Å². The second kappa shape index (κ2) is 6.50. The lowest BCUT2D eigenvalue weighted by Crippen LogP contribution is -2.47. The summed E-state index contributed by atoms with van der Waals surface area (Å²) in [5.74, 6) is 0.814. The predicted molar refractivity (Wildman–Crippen MR) is 84.6 cm³/mol. The van der Waals surface area contributed by atoms with Crippen LogP contribution in [0, 0.1) is 0 Å². The van der Waals surface area contributed by atoms with Crippen LogP contribution in [0.5, 0.6) is 5.75 Å². The summed E-state index contributed by atoms with van der Waals surface area (Å²) in [6, 6.07) is 9.67. The average Bonchev–Trinajstić information content (AvgIpc) is 2.94. The van der Waals surface area contributed by atoms with Crippen LogP contribution in [0.15, 0.2) is 42.7 Å². The molecule has 2 heterocycles. The van der Waals surface area contributed by atoms with Gasteiger partial charge in [-0.05, 0) is 25.0 Å². The largest absolute Gasteiger partial charge is 0.491 e. The van der Waals surface area contributed by atoms with E-state index < -0.39 is 5.60 Å². The Bertz CT molecular complexity index is 589. The fraction of sp³-hybridized carbons (Fsp3) is 0.471. The Kier molecular flexibility index (Phi) is 4.45. The van der Waals surface area contributed by atoms with Crippen LogP contribution in [0.25, 0.3) is 0 Å². The van der Waals surface area contributed by atoms with Crippen LogP contribution < -0.4 is 4.74 Å². The molecule has 1 aromatic carbocycles. The van der Waals surface area contributed by atoms with Crippen LogP contribution in [0.3, 0.4) is 0 Å². The SMILES string of the molecule is Cn1cc(CN2CCC(O)(COc3ccccc3)CC2)cn1. The van der Waals surface area contributed by atoms with Gasteiger partial charge in [-0.25, -0.2) is 0 Å². The summed E-state index contributed by atoms with van der Waals surface area (Å²) >= 11 is 0. The van der Waals surface area contributed by atoms with Crippen molar-refractivity contribution in [1.29, 1.82) is 0 Å². The molecule has 0 radical (unpaired) electrons. The molecule has 1 aliphatic rings. The van der Waals surface area contributed by atoms with Crippen LogP contribution in [0.1, 0.15) is 18.4 Å². The number of aryl methyl sites for hydroxylation is 1. The fourth-order valence-electron chi connectivity index (χ4n) is 2.82. The van der Waals surface area contributed by atoms with Gasteiger partial charge in [0.15, 0.2) is 0 Å². The first-order valence-electron chi connectivity index (χ1n) is 7.73. The summed E-state index contributed by atoms with van der Waals surface area (Å²) < 4.78 is 7.55. The third-order valence-corrected chi connectivity index (χ3v) is 4.20. The normalized spacial score (nSPS) is 18.3. The molecule has 0 saturated carbocycles. The summed E-state index contributed by atoms with van der Waals surface area (Å²) in [7, 11) is 1.93. The zero-order valence-electron chi connectivity index (χ0n) is 13.0. The first kappa shape index (κ1) is 15.1. The molecule has 0 unspecified atom stereocenters. The number of nitrogens with zero attached hydrogens (tertiary/aromatic N) is 3. The van der Waals surface area contributed by atoms with Crippen LogP contribution in [-0.2, 0) is 13.6 Å². The molecule has 5 heteroatoms. The molecule has 1 fully saturated rings. The molecule has 0 atom stereocenters. The maximum Gasteiger partial charge on any atom is 0.119 e. The van der Waals surface area contributed by atoms with Crippen molar-refractivity contribution in [1.82, 2.24) is 14.7 Å². The molecule has 3 rings (SSSR count). The van der Waals surface area contributed by atoms with Crippen LogP contribution in [-0.4, -0.2) is 45.1 Å². The lowest BCUT2D eigenvalue weighted by atomic mass is 9.92. The molecular weight excluding hydrogens is 278 g/mol. The number of hydrogen-bond donors (Lipinski definition) is 1. The van der Waals surface area contributed by atoms with Gasteiger partial charge in [0.05, 0.1) is 6.20 Å². The molecule has 0 aliphatic carbocycles. The van der Waals surface area contributed by atoms with Gasteiger partial charge in [-0.3, -0.25) is 9.58 Å². The highest BCUT2D eigenvalue weighted by Gasteiger charge is 2.33. The molecule has 118 valence electrons. The van der Waals surface area contributed by atoms with Gasteiger partial charge < -0.3 is 9.84 Å². The molecule has 5 nitrogen and oxygen atoms in total. The minimum absolute atomic E-state index is 0.359. The molecule has 1 saturated heterocycles. The number of likely N-dealkylation sites (tertiary alicyclic amines) is 1. The quantitative estimate of drug-likeness (QED) is 0.915. The first-order chi connectivity index (χ1) is 10.6. The van der Waals surface area contributed by atoms with Gasteiger partial charge in [0, 0.05) is 38.4 Å². The Morgan fingerprint density at radius 2 is 1.95 bits per heavy atom. The van der Waals surface area contributed by atoms with E-state index in [9.17, 15) is 5.11 Å². The Balaban J connectivity index is 1.47. The molecule has 22 heavy (non-hydrogen) atoms. The topological polar surface area (TPSA) is 50.5 Å². The number of aliphatic hydroxyl groups is 1. The number of aromatic nitrogens is 2. The number of rotatable bonds is 5. The van der Waals surface area contributed by atoms with Crippen molar-refractivity contribution < 1.29 is 9.84 Å². The van der Waals surface area contributed by atoms with Gasteiger partial charge in [0.2, 0.25) is 0 Å². The third-order valence-electron chi connectivity index (χ3n) is 4.20. The highest BCUT2D eigenvalue weighted by molar-refractivity contribution is 5.21. The maximum atomic E-state index is 10.7. The number of para-hydroxylation sites is 1. The molecule has 1 aliphatic heterocycles. The van der Waals surface area contributed by atoms with E-state index in [1.807, 2.05) is 54.5 Å². The summed E-state index contributed by atoms with van der Waals surface area (Å²) in [5, 5.41) is 14.8. The zero-order valence-corrected chi connectivity index (χ0v) is 13.0. The van der Waals surface area contributed by atoms with Gasteiger partial charge in [-0.2, -0.15) is 5.10 Å². The van der Waals surface area contributed by atoms with Gasteiger partial charge in [-0.15, -0.1) is 0 Å². The van der Waals surface area contributed by atoms with Crippen LogP contribution in [0.2, 0.25) is 0 Å². The van der Waals surface area contributed by atoms with Gasteiger partial charge in [0.25, 0.3) is 0 Å². The van der Waals surface area contributed by atoms with Gasteiger partial charge in [0.1, 0.15) is 18.0 Å². The standard InChI is InChI=1S/C17H23N3O2/c1-19-12-15(11-18-19)13-20-9-7-17(21,8-10-20)14-22-16-5-3-2-4-6-16/h2-6,11-12,21H,7-10,13-14H2,1H3. The van der Waals surface area contributed by atoms with Crippen molar-refractivity contribution in [3.63, 3.8) is 0 Å². The van der Waals surface area contributed by atoms with E-state index in [-0.39, 0.29) is 0 Å². The maximum absolute atomic E-state index is 10.7. The smallest absolute Gasteiger partial charge is 0.119 e. The highest BCUT2D eigenvalue weighted by atomic mass is 16.5. The van der Waals surface area contributed by atoms with Crippen molar-refractivity contribution in [3.05, 3.63) is 48.3 Å². The van der Waals surface area contributed by atoms with Crippen molar-refractivity contribution >= 4 is 0 Å². The summed E-state index contributed by atoms with van der Waals surface area (Å²) in [6.07, 6.45) is 5.42. The van der Waals surface area contributed by atoms with E-state index in [4.69, 9.17) is 4.74 Å². The number of hydrogen-bond acceptors (Lipinski definition) is 4. The first-order valence-corrected chi connectivity index (χ1v) is 7.73. The number of ether oxygens (including phenoxy) is 1. The number of piperidine rings is 1. The van der Waals surface area contributed by atoms with Crippen molar-refractivity contribution in [3.8, 4) is 5.75 Å². The Hall–Kier alpha value is -1.85. The molecule has 1 N–H and O–H groups in total. The molecule has 2 aromatic rings. The molecule has 1 aromatic heterocycles. The van der Waals surface area contributed by atoms with Crippen LogP contribution >= 0.6 is 0 Å². The molecule has 0 spiro atoms. The van der Waals surface area contributed by atoms with E-state index >= 15 is 0 Å². The summed E-state index contributed by atoms with van der Waals surface area (Å²) in [4.78, 5) is 2.36. The fourth-order valence-corrected chi connectivity index (χ4v) is 2.82. The van der Waals surface area contributed by atoms with E-state index in [0.29, 0.717) is 6.61 Å². The predicted octanol–water partition coefficient (Wildman–Crippen LogP) is 1.83. The molecule has 0 bridgehead atoms. The lowest BCUT2D eigenvalue weighted by Gasteiger charge is -2.37. The highest BCUT2D eigenvalue weighted by Crippen LogP contribution is 2.24. The average molecular weight is 301 g/mol. The Morgan fingerprint density at radius 1 is 1.23 bits per heavy atom. The lowest BCUT2D eigenvalue weighted by molar-refractivity contribution is -0.0537. The Labute approximate surface area is 131 Å². The van der Waals surface area contributed by atoms with E-state index in [1.165, 1.54) is 5.56 Å². The summed E-state index contributed by atoms with van der Waals surface area (Å²) in [6.45, 7) is 3.01. The summed E-state index contributed by atoms with van der Waals surface area (Å²) in [5.41, 5.74) is 0.495. The zero-order chi connectivity index (χ0) is 15.4. The third kappa shape index (κ3) is 3.87. The minimum Gasteiger partial charge on any atom is -0.491 e. The van der Waals surface area contributed by atoms with Gasteiger partial charge >= 0.3 is 0 Å². The van der Waals surface area contributed by atoms with Crippen molar-refractivity contribution in [2.24, 2.45) is 7.05 Å². The monoisotopic (exact) mass is 301 g/mol.